The molecule has 0 aromatic heterocycles. The van der Waals surface area contributed by atoms with E-state index in [2.05, 4.69) is 9.46 Å². The Morgan fingerprint density at radius 3 is 2.33 bits per heavy atom. The molecule has 7 nitrogen and oxygen atoms in total. The fraction of sp³-hybridized carbons (Fsp3) is 0.429. The van der Waals surface area contributed by atoms with E-state index in [1.807, 2.05) is 0 Å². The number of hydrogen-bond acceptors (Lipinski definition) is 5. The summed E-state index contributed by atoms with van der Waals surface area (Å²) in [6, 6.07) is 0.862. The number of benzene rings is 1. The monoisotopic (exact) mass is 397 g/mol. The summed E-state index contributed by atoms with van der Waals surface area (Å²) in [5.41, 5.74) is -0.379. The first-order chi connectivity index (χ1) is 11.0. The lowest BCUT2D eigenvalue weighted by Gasteiger charge is -2.18. The molecule has 0 spiro atoms. The van der Waals surface area contributed by atoms with Gasteiger partial charge in [0.25, 0.3) is 0 Å². The second kappa shape index (κ2) is 8.15. The third kappa shape index (κ3) is 5.07. The predicted molar refractivity (Wildman–Crippen MR) is 89.0 cm³/mol. The van der Waals surface area contributed by atoms with Crippen molar-refractivity contribution in [3.05, 3.63) is 27.7 Å². The van der Waals surface area contributed by atoms with Gasteiger partial charge in [0, 0.05) is 5.02 Å². The third-order valence-electron chi connectivity index (χ3n) is 2.99. The maximum atomic E-state index is 12.6. The van der Waals surface area contributed by atoms with Gasteiger partial charge in [0.05, 0.1) is 17.7 Å². The number of carbonyl (C=O) groups excluding carboxylic acids is 1. The Bertz CT molecular complexity index is 748. The SMILES string of the molecule is COC(=O)c1cc(Cl)cc(Cl)c1S(=O)(=O)N[C@@H](CC(C)C)C(=O)O. The number of sulfonamides is 1. The molecule has 1 rings (SSSR count). The van der Waals surface area contributed by atoms with E-state index in [1.165, 1.54) is 0 Å². The second-order valence-corrected chi connectivity index (χ2v) is 7.89. The molecule has 1 atom stereocenters. The van der Waals surface area contributed by atoms with Gasteiger partial charge in [-0.3, -0.25) is 4.79 Å². The summed E-state index contributed by atoms with van der Waals surface area (Å²) >= 11 is 11.7. The molecule has 0 saturated heterocycles. The number of hydrogen-bond donors (Lipinski definition) is 2. The van der Waals surface area contributed by atoms with Crippen LogP contribution in [-0.4, -0.2) is 38.6 Å². The Morgan fingerprint density at radius 2 is 1.88 bits per heavy atom. The highest BCUT2D eigenvalue weighted by atomic mass is 35.5. The van der Waals surface area contributed by atoms with Gasteiger partial charge in [0.2, 0.25) is 10.0 Å². The molecular weight excluding hydrogens is 381 g/mol. The van der Waals surface area contributed by atoms with E-state index in [0.717, 1.165) is 19.2 Å². The molecule has 0 bridgehead atoms. The van der Waals surface area contributed by atoms with E-state index < -0.39 is 32.9 Å². The number of rotatable bonds is 7. The number of carbonyl (C=O) groups is 2. The van der Waals surface area contributed by atoms with E-state index in [-0.39, 0.29) is 27.9 Å². The molecule has 0 aliphatic heterocycles. The zero-order chi connectivity index (χ0) is 18.7. The summed E-state index contributed by atoms with van der Waals surface area (Å²) in [5.74, 6) is -2.37. The van der Waals surface area contributed by atoms with Crippen molar-refractivity contribution in [2.45, 2.75) is 31.2 Å². The van der Waals surface area contributed by atoms with Crippen LogP contribution < -0.4 is 4.72 Å². The van der Waals surface area contributed by atoms with Gasteiger partial charge in [-0.05, 0) is 24.5 Å². The first-order valence-electron chi connectivity index (χ1n) is 6.82. The zero-order valence-electron chi connectivity index (χ0n) is 13.2. The minimum atomic E-state index is -4.41. The maximum absolute atomic E-state index is 12.6. The van der Waals surface area contributed by atoms with Crippen LogP contribution in [0, 0.1) is 5.92 Å². The summed E-state index contributed by atoms with van der Waals surface area (Å²) in [6.45, 7) is 3.50. The van der Waals surface area contributed by atoms with Crippen LogP contribution in [0.4, 0.5) is 0 Å². The molecule has 1 aromatic carbocycles. The van der Waals surface area contributed by atoms with Crippen LogP contribution in [0.15, 0.2) is 17.0 Å². The van der Waals surface area contributed by atoms with Gasteiger partial charge in [0.15, 0.2) is 0 Å². The highest BCUT2D eigenvalue weighted by Gasteiger charge is 2.32. The summed E-state index contributed by atoms with van der Waals surface area (Å²) in [6.07, 6.45) is 0.0628. The lowest BCUT2D eigenvalue weighted by atomic mass is 10.1. The Labute approximate surface area is 149 Å². The first-order valence-corrected chi connectivity index (χ1v) is 9.06. The molecule has 134 valence electrons. The van der Waals surface area contributed by atoms with Gasteiger partial charge in [0.1, 0.15) is 10.9 Å². The molecule has 2 N–H and O–H groups in total. The molecule has 0 fully saturated rings. The maximum Gasteiger partial charge on any atom is 0.339 e. The standard InChI is InChI=1S/C14H17Cl2NO6S/c1-7(2)4-11(13(18)19)17-24(21,22)12-9(14(20)23-3)5-8(15)6-10(12)16/h5-7,11,17H,4H2,1-3H3,(H,18,19)/t11-/m0/s1. The molecule has 0 aliphatic rings. The Morgan fingerprint density at radius 1 is 1.29 bits per heavy atom. The fourth-order valence-electron chi connectivity index (χ4n) is 2.01. The molecule has 0 amide bonds. The van der Waals surface area contributed by atoms with Crippen molar-refractivity contribution < 1.29 is 27.9 Å². The van der Waals surface area contributed by atoms with E-state index in [9.17, 15) is 23.1 Å². The van der Waals surface area contributed by atoms with E-state index in [0.29, 0.717) is 0 Å². The first kappa shape index (κ1) is 20.7. The van der Waals surface area contributed by atoms with Crippen LogP contribution in [-0.2, 0) is 19.6 Å². The van der Waals surface area contributed by atoms with E-state index >= 15 is 0 Å². The number of methoxy groups -OCH3 is 1. The largest absolute Gasteiger partial charge is 0.480 e. The van der Waals surface area contributed by atoms with Crippen LogP contribution in [0.5, 0.6) is 0 Å². The van der Waals surface area contributed by atoms with Crippen LogP contribution >= 0.6 is 23.2 Å². The van der Waals surface area contributed by atoms with Gasteiger partial charge in [-0.1, -0.05) is 37.0 Å². The van der Waals surface area contributed by atoms with Crippen molar-refractivity contribution in [2.24, 2.45) is 5.92 Å². The Balaban J connectivity index is 3.42. The third-order valence-corrected chi connectivity index (χ3v) is 5.19. The van der Waals surface area contributed by atoms with Gasteiger partial charge in [-0.15, -0.1) is 0 Å². The van der Waals surface area contributed by atoms with Gasteiger partial charge >= 0.3 is 11.9 Å². The molecule has 1 aromatic rings. The average molecular weight is 398 g/mol. The summed E-state index contributed by atoms with van der Waals surface area (Å²) in [4.78, 5) is 22.5. The van der Waals surface area contributed by atoms with Crippen molar-refractivity contribution in [3.8, 4) is 0 Å². The predicted octanol–water partition coefficient (Wildman–Crippen LogP) is 2.56. The topological polar surface area (TPSA) is 110 Å². The van der Waals surface area contributed by atoms with Crippen LogP contribution in [0.25, 0.3) is 0 Å². The Hall–Kier alpha value is -1.35. The molecule has 24 heavy (non-hydrogen) atoms. The quantitative estimate of drug-likeness (QED) is 0.684. The normalized spacial score (nSPS) is 12.9. The highest BCUT2D eigenvalue weighted by Crippen LogP contribution is 2.30. The van der Waals surface area contributed by atoms with Crippen molar-refractivity contribution in [1.29, 1.82) is 0 Å². The summed E-state index contributed by atoms with van der Waals surface area (Å²) in [7, 11) is -3.34. The van der Waals surface area contributed by atoms with Crippen molar-refractivity contribution in [1.82, 2.24) is 4.72 Å². The van der Waals surface area contributed by atoms with Crippen molar-refractivity contribution in [2.75, 3.05) is 7.11 Å². The molecule has 0 heterocycles. The van der Waals surface area contributed by atoms with E-state index in [1.54, 1.807) is 13.8 Å². The minimum Gasteiger partial charge on any atom is -0.480 e. The van der Waals surface area contributed by atoms with Crippen molar-refractivity contribution >= 4 is 45.2 Å². The molecule has 0 radical (unpaired) electrons. The number of carboxylic acids is 1. The molecule has 10 heteroatoms. The van der Waals surface area contributed by atoms with Crippen LogP contribution in [0.3, 0.4) is 0 Å². The van der Waals surface area contributed by atoms with Crippen LogP contribution in [0.1, 0.15) is 30.6 Å². The Kier molecular flexibility index (Phi) is 7.03. The molecular formula is C14H17Cl2NO6S. The number of esters is 1. The average Bonchev–Trinajstić information content (AvgIpc) is 2.43. The number of carboxylic acid groups (broad SMARTS) is 1. The molecule has 0 saturated carbocycles. The smallest absolute Gasteiger partial charge is 0.339 e. The van der Waals surface area contributed by atoms with Gasteiger partial charge in [-0.25, -0.2) is 13.2 Å². The van der Waals surface area contributed by atoms with E-state index in [4.69, 9.17) is 23.2 Å². The van der Waals surface area contributed by atoms with Gasteiger partial charge < -0.3 is 9.84 Å². The van der Waals surface area contributed by atoms with Crippen molar-refractivity contribution in [3.63, 3.8) is 0 Å². The molecule has 0 aliphatic carbocycles. The highest BCUT2D eigenvalue weighted by molar-refractivity contribution is 7.89. The number of ether oxygens (including phenoxy) is 1. The molecule has 0 unspecified atom stereocenters. The number of aliphatic carboxylic acids is 1. The van der Waals surface area contributed by atoms with Gasteiger partial charge in [-0.2, -0.15) is 4.72 Å². The second-order valence-electron chi connectivity index (χ2n) is 5.40. The zero-order valence-corrected chi connectivity index (χ0v) is 15.5. The minimum absolute atomic E-state index is 0.0383. The van der Waals surface area contributed by atoms with Crippen LogP contribution in [0.2, 0.25) is 10.0 Å². The summed E-state index contributed by atoms with van der Waals surface area (Å²) in [5, 5.41) is 8.92. The number of nitrogens with one attached hydrogen (secondary N) is 1. The summed E-state index contributed by atoms with van der Waals surface area (Å²) < 4.78 is 31.8. The number of halogens is 2. The fourth-order valence-corrected chi connectivity index (χ4v) is 4.25. The lowest BCUT2D eigenvalue weighted by molar-refractivity contribution is -0.139. The lowest BCUT2D eigenvalue weighted by Crippen LogP contribution is -2.42.